The topological polar surface area (TPSA) is 193 Å². The van der Waals surface area contributed by atoms with Gasteiger partial charge in [0.05, 0.1) is 24.1 Å². The number of ketones is 4. The van der Waals surface area contributed by atoms with Crippen molar-refractivity contribution >= 4 is 35.1 Å². The van der Waals surface area contributed by atoms with Gasteiger partial charge in [0.15, 0.2) is 34.7 Å². The summed E-state index contributed by atoms with van der Waals surface area (Å²) in [6.07, 6.45) is -0.401. The number of phenolic OH excluding ortho intramolecular Hbond substituents is 1. The first-order valence-electron chi connectivity index (χ1n) is 14.9. The Labute approximate surface area is 259 Å². The number of amides is 2. The highest BCUT2D eigenvalue weighted by atomic mass is 16.5. The number of nitrogens with zero attached hydrogens (tertiary/aromatic N) is 1. The number of ether oxygens (including phenoxy) is 1. The Morgan fingerprint density at radius 2 is 1.73 bits per heavy atom. The van der Waals surface area contributed by atoms with Crippen LogP contribution < -0.4 is 11.1 Å². The number of fused-ring (bicyclic) bond motifs is 3. The number of alkyl carbamates (subject to hydrolysis) is 1. The number of rotatable bonds is 7. The number of hydrogen-bond donors (Lipinski definition) is 4. The second-order valence-electron chi connectivity index (χ2n) is 12.8. The maximum atomic E-state index is 14.0. The molecule has 2 aromatic rings. The lowest BCUT2D eigenvalue weighted by molar-refractivity contribution is -0.181. The molecule has 12 heteroatoms. The highest BCUT2D eigenvalue weighted by Crippen LogP contribution is 2.51. The molecule has 2 amide bonds. The van der Waals surface area contributed by atoms with Crippen LogP contribution in [0.15, 0.2) is 36.4 Å². The third-order valence-corrected chi connectivity index (χ3v) is 9.19. The lowest BCUT2D eigenvalue weighted by atomic mass is 9.52. The number of aromatic hydroxyl groups is 1. The van der Waals surface area contributed by atoms with E-state index in [1.165, 1.54) is 11.0 Å². The minimum absolute atomic E-state index is 0.0312. The normalized spacial score (nSPS) is 27.6. The second kappa shape index (κ2) is 11.8. The zero-order valence-electron chi connectivity index (χ0n) is 25.5. The molecule has 0 heterocycles. The summed E-state index contributed by atoms with van der Waals surface area (Å²) >= 11 is 0. The molecule has 2 fully saturated rings. The van der Waals surface area contributed by atoms with Crippen LogP contribution in [0.25, 0.3) is 11.1 Å². The Balaban J connectivity index is 1.48. The van der Waals surface area contributed by atoms with E-state index in [9.17, 15) is 39.0 Å². The average Bonchev–Trinajstić information content (AvgIpc) is 2.97. The molecular formula is C33H37N3O9. The molecule has 3 aliphatic rings. The average molecular weight is 620 g/mol. The number of benzene rings is 2. The van der Waals surface area contributed by atoms with E-state index in [-0.39, 0.29) is 36.6 Å². The first kappa shape index (κ1) is 32.0. The summed E-state index contributed by atoms with van der Waals surface area (Å²) in [6.45, 7) is 4.42. The first-order chi connectivity index (χ1) is 21.2. The summed E-state index contributed by atoms with van der Waals surface area (Å²) in [6, 6.07) is 9.11. The summed E-state index contributed by atoms with van der Waals surface area (Å²) in [5, 5.41) is 25.2. The quantitative estimate of drug-likeness (QED) is 0.329. The molecule has 0 spiro atoms. The Morgan fingerprint density at radius 3 is 2.33 bits per heavy atom. The van der Waals surface area contributed by atoms with Gasteiger partial charge in [-0.3, -0.25) is 28.9 Å². The van der Waals surface area contributed by atoms with Gasteiger partial charge in [-0.25, -0.2) is 4.79 Å². The van der Waals surface area contributed by atoms with E-state index in [0.29, 0.717) is 17.7 Å². The molecule has 12 nitrogen and oxygen atoms in total. The van der Waals surface area contributed by atoms with Crippen LogP contribution in [0.1, 0.15) is 41.8 Å². The fourth-order valence-electron chi connectivity index (χ4n) is 7.14. The van der Waals surface area contributed by atoms with Crippen molar-refractivity contribution in [1.82, 2.24) is 10.2 Å². The van der Waals surface area contributed by atoms with E-state index >= 15 is 0 Å². The monoisotopic (exact) mass is 619 g/mol. The number of primary amides is 1. The van der Waals surface area contributed by atoms with E-state index in [1.54, 1.807) is 20.2 Å². The van der Waals surface area contributed by atoms with Crippen molar-refractivity contribution in [2.45, 2.75) is 44.9 Å². The molecule has 5 N–H and O–H groups in total. The molecule has 0 bridgehead atoms. The van der Waals surface area contributed by atoms with Crippen molar-refractivity contribution in [3.63, 3.8) is 0 Å². The molecule has 3 aliphatic carbocycles. The molecule has 2 aromatic carbocycles. The van der Waals surface area contributed by atoms with Gasteiger partial charge in [0.2, 0.25) is 5.91 Å². The van der Waals surface area contributed by atoms with Gasteiger partial charge in [0.25, 0.3) is 0 Å². The molecule has 6 atom stereocenters. The number of Topliss-reactive ketones (excluding diaryl/α,β-unsaturated/α-hetero) is 4. The van der Waals surface area contributed by atoms with E-state index in [4.69, 9.17) is 10.5 Å². The van der Waals surface area contributed by atoms with Crippen LogP contribution in [-0.2, 0) is 36.9 Å². The Kier molecular flexibility index (Phi) is 8.41. The fourth-order valence-corrected chi connectivity index (χ4v) is 7.14. The van der Waals surface area contributed by atoms with Crippen molar-refractivity contribution in [2.75, 3.05) is 20.7 Å². The fraction of sp³-hybridized carbons (Fsp3) is 0.455. The Bertz CT molecular complexity index is 1600. The number of aliphatic hydroxyl groups is 1. The Morgan fingerprint density at radius 1 is 1.07 bits per heavy atom. The first-order valence-corrected chi connectivity index (χ1v) is 14.9. The summed E-state index contributed by atoms with van der Waals surface area (Å²) in [4.78, 5) is 80.2. The second-order valence-corrected chi connectivity index (χ2v) is 12.8. The van der Waals surface area contributed by atoms with Gasteiger partial charge in [-0.15, -0.1) is 0 Å². The van der Waals surface area contributed by atoms with E-state index in [0.717, 1.165) is 11.1 Å². The smallest absolute Gasteiger partial charge is 0.407 e. The van der Waals surface area contributed by atoms with E-state index in [1.807, 2.05) is 38.1 Å². The third kappa shape index (κ3) is 5.31. The van der Waals surface area contributed by atoms with E-state index < -0.39 is 70.4 Å². The zero-order chi connectivity index (χ0) is 33.0. The SMILES string of the molecule is CC(C)COC(=O)NCc1ccc(-c2ccc(O)c3c2C[C@@H]2C[C@@H]4[C@@H](N(C)C)C(=O)C(C(N)=O)C(=O)[C@]4(O)C(=O)C2C3=O)cc1. The lowest BCUT2D eigenvalue weighted by Gasteiger charge is -2.52. The molecule has 0 radical (unpaired) electrons. The zero-order valence-corrected chi connectivity index (χ0v) is 25.5. The van der Waals surface area contributed by atoms with Crippen molar-refractivity contribution < 1.29 is 43.7 Å². The van der Waals surface area contributed by atoms with E-state index in [2.05, 4.69) is 5.32 Å². The largest absolute Gasteiger partial charge is 0.507 e. The third-order valence-electron chi connectivity index (χ3n) is 9.19. The molecule has 0 aromatic heterocycles. The summed E-state index contributed by atoms with van der Waals surface area (Å²) in [5.41, 5.74) is 5.20. The number of carbonyl (C=O) groups is 6. The van der Waals surface area contributed by atoms with Gasteiger partial charge in [-0.05, 0) is 67.1 Å². The predicted molar refractivity (Wildman–Crippen MR) is 160 cm³/mol. The van der Waals surface area contributed by atoms with Crippen molar-refractivity contribution in [2.24, 2.45) is 35.3 Å². The highest BCUT2D eigenvalue weighted by molar-refractivity contribution is 6.32. The van der Waals surface area contributed by atoms with Crippen molar-refractivity contribution in [3.05, 3.63) is 53.1 Å². The van der Waals surface area contributed by atoms with Crippen LogP contribution >= 0.6 is 0 Å². The predicted octanol–water partition coefficient (Wildman–Crippen LogP) is 1.42. The maximum absolute atomic E-state index is 14.0. The summed E-state index contributed by atoms with van der Waals surface area (Å²) in [7, 11) is 3.08. The molecule has 5 rings (SSSR count). The minimum atomic E-state index is -2.77. The summed E-state index contributed by atoms with van der Waals surface area (Å²) in [5.74, 6) is -10.7. The van der Waals surface area contributed by atoms with Crippen molar-refractivity contribution in [3.8, 4) is 16.9 Å². The number of hydrogen-bond acceptors (Lipinski definition) is 10. The number of nitrogens with one attached hydrogen (secondary N) is 1. The number of phenols is 1. The molecular weight excluding hydrogens is 582 g/mol. The molecule has 0 saturated heterocycles. The van der Waals surface area contributed by atoms with Crippen LogP contribution in [0, 0.1) is 29.6 Å². The van der Waals surface area contributed by atoms with Crippen LogP contribution in [0.5, 0.6) is 5.75 Å². The molecule has 2 unspecified atom stereocenters. The highest BCUT2D eigenvalue weighted by Gasteiger charge is 2.69. The van der Waals surface area contributed by atoms with Gasteiger partial charge >= 0.3 is 6.09 Å². The van der Waals surface area contributed by atoms with Gasteiger partial charge in [0, 0.05) is 12.5 Å². The number of carbonyl (C=O) groups excluding carboxylic acids is 6. The van der Waals surface area contributed by atoms with Crippen molar-refractivity contribution in [1.29, 1.82) is 0 Å². The van der Waals surface area contributed by atoms with Crippen LogP contribution in [-0.4, -0.2) is 82.6 Å². The van der Waals surface area contributed by atoms with Gasteiger partial charge in [-0.2, -0.15) is 0 Å². The molecule has 45 heavy (non-hydrogen) atoms. The standard InChI is InChI=1S/C33H37N3O9/c1-15(2)14-45-32(43)35-13-16-5-7-17(8-6-16)19-9-10-22(37)24-20(19)11-18-12-21-26(36(3)4)28(39)25(31(34)42)30(41)33(21,44)29(40)23(18)27(24)38/h5-10,15,18,21,23,25-26,37,44H,11-14H2,1-4H3,(H2,34,42)(H,35,43)/t18-,21-,23?,25?,26-,33-/m1/s1. The number of likely N-dealkylation sites (N-methyl/N-ethyl adjacent to an activating group) is 1. The van der Waals surface area contributed by atoms with Gasteiger partial charge < -0.3 is 26.0 Å². The van der Waals surface area contributed by atoms with Crippen LogP contribution in [0.2, 0.25) is 0 Å². The molecule has 238 valence electrons. The molecule has 2 saturated carbocycles. The Hall–Kier alpha value is -4.42. The lowest BCUT2D eigenvalue weighted by Crippen LogP contribution is -2.74. The number of nitrogens with two attached hydrogens (primary N) is 1. The van der Waals surface area contributed by atoms with Crippen LogP contribution in [0.3, 0.4) is 0 Å². The molecule has 0 aliphatic heterocycles. The van der Waals surface area contributed by atoms with Crippen LogP contribution in [0.4, 0.5) is 4.79 Å². The van der Waals surface area contributed by atoms with Gasteiger partial charge in [0.1, 0.15) is 5.75 Å². The minimum Gasteiger partial charge on any atom is -0.507 e. The van der Waals surface area contributed by atoms with Gasteiger partial charge in [-0.1, -0.05) is 44.2 Å². The maximum Gasteiger partial charge on any atom is 0.407 e. The summed E-state index contributed by atoms with van der Waals surface area (Å²) < 4.78 is 5.13.